The highest BCUT2D eigenvalue weighted by atomic mass is 16.5. The van der Waals surface area contributed by atoms with E-state index in [0.717, 1.165) is 25.7 Å². The minimum atomic E-state index is 0.461. The Balaban J connectivity index is 1.38. The SMILES string of the molecule is C1CCN(C2(CNC3CCCC3C3COCCN3)CCCCC2)CC1. The Bertz CT molecular complexity index is 398. The van der Waals surface area contributed by atoms with Gasteiger partial charge in [-0.1, -0.05) is 32.1 Å². The fourth-order valence-electron chi connectivity index (χ4n) is 6.09. The van der Waals surface area contributed by atoms with E-state index in [9.17, 15) is 0 Å². The first kappa shape index (κ1) is 18.2. The van der Waals surface area contributed by atoms with Crippen molar-refractivity contribution in [2.45, 2.75) is 88.3 Å². The second kappa shape index (κ2) is 8.69. The second-order valence-corrected chi connectivity index (χ2v) is 9.05. The average Bonchev–Trinajstić information content (AvgIpc) is 3.17. The molecule has 2 saturated heterocycles. The first-order valence-corrected chi connectivity index (χ1v) is 11.2. The summed E-state index contributed by atoms with van der Waals surface area (Å²) in [7, 11) is 0. The molecule has 0 aromatic carbocycles. The Kier molecular flexibility index (Phi) is 6.33. The maximum atomic E-state index is 5.75. The van der Waals surface area contributed by atoms with E-state index in [1.807, 2.05) is 0 Å². The molecule has 4 rings (SSSR count). The van der Waals surface area contributed by atoms with Gasteiger partial charge in [0.05, 0.1) is 13.2 Å². The zero-order valence-corrected chi connectivity index (χ0v) is 16.1. The topological polar surface area (TPSA) is 36.5 Å². The Morgan fingerprint density at radius 3 is 2.52 bits per heavy atom. The van der Waals surface area contributed by atoms with Gasteiger partial charge in [0, 0.05) is 30.7 Å². The summed E-state index contributed by atoms with van der Waals surface area (Å²) in [5.41, 5.74) is 0.461. The van der Waals surface area contributed by atoms with E-state index < -0.39 is 0 Å². The summed E-state index contributed by atoms with van der Waals surface area (Å²) in [6, 6.07) is 1.27. The fourth-order valence-corrected chi connectivity index (χ4v) is 6.09. The Morgan fingerprint density at radius 2 is 1.76 bits per heavy atom. The van der Waals surface area contributed by atoms with Crippen molar-refractivity contribution >= 4 is 0 Å². The predicted molar refractivity (Wildman–Crippen MR) is 103 cm³/mol. The van der Waals surface area contributed by atoms with Crippen LogP contribution in [0.4, 0.5) is 0 Å². The third-order valence-corrected chi connectivity index (χ3v) is 7.54. The van der Waals surface area contributed by atoms with Gasteiger partial charge >= 0.3 is 0 Å². The van der Waals surface area contributed by atoms with Gasteiger partial charge in [0.1, 0.15) is 0 Å². The van der Waals surface area contributed by atoms with Crippen molar-refractivity contribution in [1.82, 2.24) is 15.5 Å². The summed E-state index contributed by atoms with van der Waals surface area (Å²) in [5, 5.41) is 7.83. The van der Waals surface area contributed by atoms with Crippen LogP contribution in [0.25, 0.3) is 0 Å². The summed E-state index contributed by atoms with van der Waals surface area (Å²) in [4.78, 5) is 2.88. The van der Waals surface area contributed by atoms with Gasteiger partial charge in [0.2, 0.25) is 0 Å². The standard InChI is InChI=1S/C21H39N3O/c1-3-10-21(11-4-1,24-13-5-2-6-14-24)17-23-19-9-7-8-18(19)20-16-25-15-12-22-20/h18-20,22-23H,1-17H2. The molecule has 2 aliphatic carbocycles. The minimum Gasteiger partial charge on any atom is -0.379 e. The van der Waals surface area contributed by atoms with Crippen LogP contribution in [0.2, 0.25) is 0 Å². The Morgan fingerprint density at radius 1 is 0.960 bits per heavy atom. The lowest BCUT2D eigenvalue weighted by Crippen LogP contribution is -2.60. The monoisotopic (exact) mass is 349 g/mol. The van der Waals surface area contributed by atoms with Crippen LogP contribution in [-0.4, -0.2) is 61.9 Å². The van der Waals surface area contributed by atoms with Gasteiger partial charge in [-0.25, -0.2) is 0 Å². The van der Waals surface area contributed by atoms with Gasteiger partial charge in [-0.15, -0.1) is 0 Å². The second-order valence-electron chi connectivity index (χ2n) is 9.05. The highest BCUT2D eigenvalue weighted by Crippen LogP contribution is 2.36. The van der Waals surface area contributed by atoms with Crippen molar-refractivity contribution in [3.05, 3.63) is 0 Å². The molecule has 0 spiro atoms. The zero-order chi connectivity index (χ0) is 17.0. The van der Waals surface area contributed by atoms with Crippen LogP contribution in [-0.2, 0) is 4.74 Å². The summed E-state index contributed by atoms with van der Waals surface area (Å²) in [6.07, 6.45) is 15.5. The lowest BCUT2D eigenvalue weighted by atomic mass is 9.78. The van der Waals surface area contributed by atoms with Crippen molar-refractivity contribution in [3.63, 3.8) is 0 Å². The van der Waals surface area contributed by atoms with Crippen molar-refractivity contribution in [1.29, 1.82) is 0 Å². The number of hydrogen-bond donors (Lipinski definition) is 2. The van der Waals surface area contributed by atoms with Crippen molar-refractivity contribution in [3.8, 4) is 0 Å². The van der Waals surface area contributed by atoms with Crippen LogP contribution in [0.15, 0.2) is 0 Å². The number of ether oxygens (including phenoxy) is 1. The molecule has 3 atom stereocenters. The molecule has 0 aromatic rings. The zero-order valence-electron chi connectivity index (χ0n) is 16.1. The van der Waals surface area contributed by atoms with Crippen LogP contribution in [0.5, 0.6) is 0 Å². The molecule has 25 heavy (non-hydrogen) atoms. The molecule has 0 aromatic heterocycles. The van der Waals surface area contributed by atoms with E-state index in [-0.39, 0.29) is 0 Å². The quantitative estimate of drug-likeness (QED) is 0.800. The minimum absolute atomic E-state index is 0.461. The van der Waals surface area contributed by atoms with E-state index in [1.54, 1.807) is 0 Å². The van der Waals surface area contributed by atoms with Crippen LogP contribution < -0.4 is 10.6 Å². The molecule has 144 valence electrons. The summed E-state index contributed by atoms with van der Waals surface area (Å²) < 4.78 is 5.75. The Labute approximate surface area is 154 Å². The first-order chi connectivity index (χ1) is 12.4. The largest absolute Gasteiger partial charge is 0.379 e. The van der Waals surface area contributed by atoms with E-state index in [1.165, 1.54) is 90.3 Å². The molecule has 2 aliphatic heterocycles. The molecule has 4 nitrogen and oxygen atoms in total. The summed E-state index contributed by atoms with van der Waals surface area (Å²) >= 11 is 0. The number of nitrogens with zero attached hydrogens (tertiary/aromatic N) is 1. The number of hydrogen-bond acceptors (Lipinski definition) is 4. The highest BCUT2D eigenvalue weighted by Gasteiger charge is 2.40. The molecular weight excluding hydrogens is 310 g/mol. The van der Waals surface area contributed by atoms with E-state index >= 15 is 0 Å². The van der Waals surface area contributed by atoms with Gasteiger partial charge in [-0.05, 0) is 57.5 Å². The molecule has 0 bridgehead atoms. The molecular formula is C21H39N3O. The smallest absolute Gasteiger partial charge is 0.0623 e. The van der Waals surface area contributed by atoms with Crippen LogP contribution in [0, 0.1) is 5.92 Å². The molecule has 0 amide bonds. The highest BCUT2D eigenvalue weighted by molar-refractivity contribution is 4.99. The van der Waals surface area contributed by atoms with E-state index in [4.69, 9.17) is 4.74 Å². The number of rotatable bonds is 5. The van der Waals surface area contributed by atoms with Crippen molar-refractivity contribution < 1.29 is 4.74 Å². The Hall–Kier alpha value is -0.160. The molecule has 2 heterocycles. The fraction of sp³-hybridized carbons (Fsp3) is 1.00. The molecule has 3 unspecified atom stereocenters. The molecule has 4 heteroatoms. The molecule has 2 N–H and O–H groups in total. The molecule has 4 aliphatic rings. The first-order valence-electron chi connectivity index (χ1n) is 11.2. The summed E-state index contributed by atoms with van der Waals surface area (Å²) in [5.74, 6) is 0.766. The molecule has 2 saturated carbocycles. The number of morpholine rings is 1. The summed E-state index contributed by atoms with van der Waals surface area (Å²) in [6.45, 7) is 6.74. The number of nitrogens with one attached hydrogen (secondary N) is 2. The average molecular weight is 350 g/mol. The lowest BCUT2D eigenvalue weighted by Gasteiger charge is -2.49. The maximum Gasteiger partial charge on any atom is 0.0623 e. The van der Waals surface area contributed by atoms with Gasteiger partial charge in [-0.3, -0.25) is 4.90 Å². The van der Waals surface area contributed by atoms with Crippen molar-refractivity contribution in [2.75, 3.05) is 39.4 Å². The van der Waals surface area contributed by atoms with E-state index in [2.05, 4.69) is 15.5 Å². The number of likely N-dealkylation sites (tertiary alicyclic amines) is 1. The molecule has 0 radical (unpaired) electrons. The van der Waals surface area contributed by atoms with Crippen LogP contribution >= 0.6 is 0 Å². The third-order valence-electron chi connectivity index (χ3n) is 7.54. The van der Waals surface area contributed by atoms with Gasteiger partial charge < -0.3 is 15.4 Å². The van der Waals surface area contributed by atoms with Gasteiger partial charge in [0.25, 0.3) is 0 Å². The normalized spacial score (nSPS) is 37.2. The number of piperidine rings is 1. The predicted octanol–water partition coefficient (Wildman–Crippen LogP) is 2.92. The van der Waals surface area contributed by atoms with Crippen LogP contribution in [0.1, 0.15) is 70.6 Å². The van der Waals surface area contributed by atoms with E-state index in [0.29, 0.717) is 17.6 Å². The third kappa shape index (κ3) is 4.23. The van der Waals surface area contributed by atoms with Crippen LogP contribution in [0.3, 0.4) is 0 Å². The van der Waals surface area contributed by atoms with Gasteiger partial charge in [0.15, 0.2) is 0 Å². The lowest BCUT2D eigenvalue weighted by molar-refractivity contribution is 0.0254. The molecule has 4 fully saturated rings. The van der Waals surface area contributed by atoms with Gasteiger partial charge in [-0.2, -0.15) is 0 Å². The van der Waals surface area contributed by atoms with Crippen molar-refractivity contribution in [2.24, 2.45) is 5.92 Å². The maximum absolute atomic E-state index is 5.75.